The fourth-order valence-corrected chi connectivity index (χ4v) is 3.34. The quantitative estimate of drug-likeness (QED) is 0.781. The Morgan fingerprint density at radius 3 is 2.29 bits per heavy atom. The van der Waals surface area contributed by atoms with Crippen LogP contribution in [0.25, 0.3) is 0 Å². The number of nitrogens with zero attached hydrogens (tertiary/aromatic N) is 3. The van der Waals surface area contributed by atoms with Crippen LogP contribution in [0, 0.1) is 0 Å². The maximum Gasteiger partial charge on any atom is 0.236 e. The molecule has 6 heteroatoms. The predicted molar refractivity (Wildman–Crippen MR) is 98.9 cm³/mol. The summed E-state index contributed by atoms with van der Waals surface area (Å²) in [6.45, 7) is 3.95. The molecular formula is C18H27N3O2S. The van der Waals surface area contributed by atoms with Crippen molar-refractivity contribution in [1.29, 1.82) is 0 Å². The molecule has 1 saturated heterocycles. The van der Waals surface area contributed by atoms with E-state index in [1.54, 1.807) is 11.8 Å². The number of benzene rings is 1. The summed E-state index contributed by atoms with van der Waals surface area (Å²) in [5, 5.41) is 0. The lowest BCUT2D eigenvalue weighted by atomic mass is 10.2. The molecule has 1 fully saturated rings. The zero-order valence-corrected chi connectivity index (χ0v) is 15.4. The van der Waals surface area contributed by atoms with Crippen LogP contribution in [-0.4, -0.2) is 78.3 Å². The Kier molecular flexibility index (Phi) is 7.59. The second kappa shape index (κ2) is 9.69. The van der Waals surface area contributed by atoms with Crippen molar-refractivity contribution >= 4 is 23.6 Å². The molecule has 1 aliphatic rings. The minimum atomic E-state index is 0.146. The van der Waals surface area contributed by atoms with Gasteiger partial charge < -0.3 is 9.80 Å². The fourth-order valence-electron chi connectivity index (χ4n) is 2.91. The number of rotatable bonds is 6. The first-order valence-corrected chi connectivity index (χ1v) is 9.76. The van der Waals surface area contributed by atoms with Crippen molar-refractivity contribution in [1.82, 2.24) is 14.7 Å². The van der Waals surface area contributed by atoms with E-state index in [1.165, 1.54) is 5.56 Å². The summed E-state index contributed by atoms with van der Waals surface area (Å²) in [6, 6.07) is 10.2. The van der Waals surface area contributed by atoms with E-state index in [4.69, 9.17) is 0 Å². The molecule has 0 atom stereocenters. The third-order valence-electron chi connectivity index (χ3n) is 4.17. The Bertz CT molecular complexity index is 538. The lowest BCUT2D eigenvalue weighted by Crippen LogP contribution is -2.41. The summed E-state index contributed by atoms with van der Waals surface area (Å²) in [5.74, 6) is 0.846. The Morgan fingerprint density at radius 2 is 1.67 bits per heavy atom. The molecule has 2 rings (SSSR count). The molecule has 0 unspecified atom stereocenters. The smallest absolute Gasteiger partial charge is 0.236 e. The summed E-state index contributed by atoms with van der Waals surface area (Å²) >= 11 is 1.55. The van der Waals surface area contributed by atoms with Gasteiger partial charge in [0.1, 0.15) is 0 Å². The summed E-state index contributed by atoms with van der Waals surface area (Å²) in [4.78, 5) is 30.4. The number of likely N-dealkylation sites (N-methyl/N-ethyl adjacent to an activating group) is 1. The van der Waals surface area contributed by atoms with Gasteiger partial charge in [0.2, 0.25) is 11.8 Å². The largest absolute Gasteiger partial charge is 0.340 e. The van der Waals surface area contributed by atoms with Gasteiger partial charge >= 0.3 is 0 Å². The highest BCUT2D eigenvalue weighted by Crippen LogP contribution is 2.08. The second-order valence-electron chi connectivity index (χ2n) is 6.21. The minimum Gasteiger partial charge on any atom is -0.340 e. The van der Waals surface area contributed by atoms with Gasteiger partial charge in [0.15, 0.2) is 0 Å². The first kappa shape index (κ1) is 18.8. The summed E-state index contributed by atoms with van der Waals surface area (Å²) in [7, 11) is 1.97. The van der Waals surface area contributed by atoms with Gasteiger partial charge in [-0.15, -0.1) is 0 Å². The molecular weight excluding hydrogens is 322 g/mol. The molecule has 132 valence electrons. The summed E-state index contributed by atoms with van der Waals surface area (Å²) < 4.78 is 0. The molecule has 0 aliphatic carbocycles. The number of thioether (sulfide) groups is 1. The molecule has 1 aliphatic heterocycles. The van der Waals surface area contributed by atoms with Crippen molar-refractivity contribution in [3.05, 3.63) is 35.9 Å². The van der Waals surface area contributed by atoms with Crippen LogP contribution in [0.4, 0.5) is 0 Å². The van der Waals surface area contributed by atoms with Gasteiger partial charge in [-0.1, -0.05) is 30.3 Å². The van der Waals surface area contributed by atoms with E-state index in [9.17, 15) is 9.59 Å². The van der Waals surface area contributed by atoms with Crippen molar-refractivity contribution < 1.29 is 9.59 Å². The Balaban J connectivity index is 1.81. The van der Waals surface area contributed by atoms with Crippen LogP contribution < -0.4 is 0 Å². The van der Waals surface area contributed by atoms with Gasteiger partial charge in [-0.25, -0.2) is 0 Å². The standard InChI is InChI=1S/C18H27N3O2S/c1-19(13-16-7-4-3-5-8-16)14-17(22)20-9-6-10-21(12-11-20)18(23)15-24-2/h3-5,7-8H,6,9-15H2,1-2H3. The number of hydrogen-bond acceptors (Lipinski definition) is 4. The van der Waals surface area contributed by atoms with Gasteiger partial charge in [0.05, 0.1) is 12.3 Å². The predicted octanol–water partition coefficient (Wildman–Crippen LogP) is 1.54. The SMILES string of the molecule is CSCC(=O)N1CCCN(C(=O)CN(C)Cc2ccccc2)CC1. The van der Waals surface area contributed by atoms with E-state index in [0.717, 1.165) is 26.1 Å². The molecule has 0 spiro atoms. The highest BCUT2D eigenvalue weighted by molar-refractivity contribution is 7.99. The summed E-state index contributed by atoms with van der Waals surface area (Å²) in [6.07, 6.45) is 2.79. The lowest BCUT2D eigenvalue weighted by Gasteiger charge is -2.24. The van der Waals surface area contributed by atoms with Crippen molar-refractivity contribution in [2.45, 2.75) is 13.0 Å². The van der Waals surface area contributed by atoms with Gasteiger partial charge in [-0.2, -0.15) is 11.8 Å². The van der Waals surface area contributed by atoms with Crippen LogP contribution in [0.1, 0.15) is 12.0 Å². The topological polar surface area (TPSA) is 43.9 Å². The normalized spacial score (nSPS) is 15.5. The van der Waals surface area contributed by atoms with Crippen LogP contribution in [0.15, 0.2) is 30.3 Å². The Labute approximate surface area is 149 Å². The minimum absolute atomic E-state index is 0.146. The number of carbonyl (C=O) groups is 2. The van der Waals surface area contributed by atoms with Gasteiger partial charge in [-0.3, -0.25) is 14.5 Å². The second-order valence-corrected chi connectivity index (χ2v) is 7.07. The van der Waals surface area contributed by atoms with Crippen molar-refractivity contribution in [2.75, 3.05) is 51.8 Å². The third kappa shape index (κ3) is 5.83. The van der Waals surface area contributed by atoms with E-state index in [-0.39, 0.29) is 11.8 Å². The first-order chi connectivity index (χ1) is 11.6. The lowest BCUT2D eigenvalue weighted by molar-refractivity contribution is -0.133. The molecule has 0 N–H and O–H groups in total. The highest BCUT2D eigenvalue weighted by Gasteiger charge is 2.22. The average molecular weight is 350 g/mol. The van der Waals surface area contributed by atoms with Gasteiger partial charge in [0, 0.05) is 32.7 Å². The van der Waals surface area contributed by atoms with Gasteiger partial charge in [0.25, 0.3) is 0 Å². The monoisotopic (exact) mass is 349 g/mol. The van der Waals surface area contributed by atoms with Crippen LogP contribution >= 0.6 is 11.8 Å². The van der Waals surface area contributed by atoms with E-state index < -0.39 is 0 Å². The molecule has 5 nitrogen and oxygen atoms in total. The molecule has 2 amide bonds. The zero-order chi connectivity index (χ0) is 17.4. The van der Waals surface area contributed by atoms with Crippen molar-refractivity contribution in [3.63, 3.8) is 0 Å². The van der Waals surface area contributed by atoms with E-state index in [2.05, 4.69) is 12.1 Å². The number of hydrogen-bond donors (Lipinski definition) is 0. The highest BCUT2D eigenvalue weighted by atomic mass is 32.2. The summed E-state index contributed by atoms with van der Waals surface area (Å²) in [5.41, 5.74) is 1.21. The Hall–Kier alpha value is -1.53. The molecule has 24 heavy (non-hydrogen) atoms. The van der Waals surface area contributed by atoms with E-state index >= 15 is 0 Å². The van der Waals surface area contributed by atoms with Crippen molar-refractivity contribution in [2.24, 2.45) is 0 Å². The van der Waals surface area contributed by atoms with Crippen LogP contribution in [-0.2, 0) is 16.1 Å². The van der Waals surface area contributed by atoms with E-state index in [1.807, 2.05) is 46.2 Å². The van der Waals surface area contributed by atoms with E-state index in [0.29, 0.717) is 25.4 Å². The molecule has 0 radical (unpaired) electrons. The maximum absolute atomic E-state index is 12.5. The number of amides is 2. The molecule has 1 aromatic rings. The first-order valence-electron chi connectivity index (χ1n) is 8.37. The van der Waals surface area contributed by atoms with Crippen LogP contribution in [0.5, 0.6) is 0 Å². The molecule has 0 bridgehead atoms. The maximum atomic E-state index is 12.5. The van der Waals surface area contributed by atoms with Crippen molar-refractivity contribution in [3.8, 4) is 0 Å². The van der Waals surface area contributed by atoms with Crippen LogP contribution in [0.2, 0.25) is 0 Å². The number of carbonyl (C=O) groups excluding carboxylic acids is 2. The average Bonchev–Trinajstić information content (AvgIpc) is 2.82. The molecule has 0 aromatic heterocycles. The Morgan fingerprint density at radius 1 is 1.04 bits per heavy atom. The van der Waals surface area contributed by atoms with Crippen LogP contribution in [0.3, 0.4) is 0 Å². The molecule has 1 heterocycles. The third-order valence-corrected chi connectivity index (χ3v) is 4.71. The molecule has 0 saturated carbocycles. The van der Waals surface area contributed by atoms with Gasteiger partial charge in [-0.05, 0) is 25.3 Å². The zero-order valence-electron chi connectivity index (χ0n) is 14.6. The fraction of sp³-hybridized carbons (Fsp3) is 0.556. The molecule has 1 aromatic carbocycles.